The second kappa shape index (κ2) is 7.26. The van der Waals surface area contributed by atoms with E-state index in [0.29, 0.717) is 24.0 Å². The first-order valence-corrected chi connectivity index (χ1v) is 7.97. The molecule has 1 aromatic carbocycles. The van der Waals surface area contributed by atoms with E-state index in [2.05, 4.69) is 6.92 Å². The summed E-state index contributed by atoms with van der Waals surface area (Å²) in [4.78, 5) is 38.9. The van der Waals surface area contributed by atoms with Crippen molar-refractivity contribution in [1.29, 1.82) is 0 Å². The molecule has 6 heteroatoms. The molecule has 0 spiro atoms. The summed E-state index contributed by atoms with van der Waals surface area (Å²) in [5, 5.41) is 0.444. The number of para-hydroxylation sites is 1. The topological polar surface area (TPSA) is 64.3 Å². The number of hydrogen-bond acceptors (Lipinski definition) is 3. The first kappa shape index (κ1) is 17.0. The van der Waals surface area contributed by atoms with Gasteiger partial charge in [-0.25, -0.2) is 4.79 Å². The van der Waals surface area contributed by atoms with Crippen molar-refractivity contribution < 1.29 is 4.79 Å². The number of carbonyl (C=O) groups excluding carboxylic acids is 1. The van der Waals surface area contributed by atoms with Crippen molar-refractivity contribution in [3.63, 3.8) is 0 Å². The van der Waals surface area contributed by atoms with E-state index in [4.69, 9.17) is 0 Å². The average Bonchev–Trinajstić information content (AvgIpc) is 2.57. The molecule has 1 aromatic heterocycles. The first-order valence-electron chi connectivity index (χ1n) is 7.97. The molecule has 2 rings (SSSR count). The first-order chi connectivity index (χ1) is 11.0. The minimum Gasteiger partial charge on any atom is -0.341 e. The van der Waals surface area contributed by atoms with Crippen molar-refractivity contribution >= 4 is 16.8 Å². The third-order valence-corrected chi connectivity index (χ3v) is 4.06. The summed E-state index contributed by atoms with van der Waals surface area (Å²) in [6.45, 7) is 5.24. The van der Waals surface area contributed by atoms with Gasteiger partial charge in [0.25, 0.3) is 5.56 Å². The lowest BCUT2D eigenvalue weighted by Gasteiger charge is -2.21. The minimum atomic E-state index is -0.464. The Morgan fingerprint density at radius 3 is 2.52 bits per heavy atom. The van der Waals surface area contributed by atoms with Gasteiger partial charge in [-0.15, -0.1) is 0 Å². The van der Waals surface area contributed by atoms with Crippen molar-refractivity contribution in [3.8, 4) is 0 Å². The number of unbranched alkanes of at least 4 members (excludes halogenated alkanes) is 1. The van der Waals surface area contributed by atoms with Crippen LogP contribution >= 0.6 is 0 Å². The van der Waals surface area contributed by atoms with Crippen molar-refractivity contribution in [2.45, 2.75) is 33.2 Å². The van der Waals surface area contributed by atoms with E-state index in [1.807, 2.05) is 6.92 Å². The molecular weight excluding hydrogens is 294 g/mol. The Morgan fingerprint density at radius 1 is 1.17 bits per heavy atom. The molecule has 124 valence electrons. The van der Waals surface area contributed by atoms with E-state index in [-0.39, 0.29) is 18.0 Å². The number of aromatic nitrogens is 2. The van der Waals surface area contributed by atoms with Gasteiger partial charge in [0, 0.05) is 20.1 Å². The number of rotatable bonds is 6. The quantitative estimate of drug-likeness (QED) is 0.808. The van der Waals surface area contributed by atoms with E-state index in [9.17, 15) is 14.4 Å². The van der Waals surface area contributed by atoms with Crippen LogP contribution in [0, 0.1) is 0 Å². The fraction of sp³-hybridized carbons (Fsp3) is 0.471. The molecule has 1 heterocycles. The van der Waals surface area contributed by atoms with Crippen LogP contribution in [0.1, 0.15) is 26.7 Å². The predicted octanol–water partition coefficient (Wildman–Crippen LogP) is 1.35. The van der Waals surface area contributed by atoms with Crippen LogP contribution in [0.5, 0.6) is 0 Å². The van der Waals surface area contributed by atoms with Gasteiger partial charge in [0.1, 0.15) is 6.54 Å². The van der Waals surface area contributed by atoms with E-state index in [1.165, 1.54) is 11.6 Å². The summed E-state index contributed by atoms with van der Waals surface area (Å²) in [5.41, 5.74) is -0.304. The summed E-state index contributed by atoms with van der Waals surface area (Å²) >= 11 is 0. The van der Waals surface area contributed by atoms with Crippen molar-refractivity contribution in [1.82, 2.24) is 14.0 Å². The smallest absolute Gasteiger partial charge is 0.331 e. The Labute approximate surface area is 135 Å². The van der Waals surface area contributed by atoms with Crippen LogP contribution in [0.2, 0.25) is 0 Å². The summed E-state index contributed by atoms with van der Waals surface area (Å²) in [7, 11) is 1.44. The maximum Gasteiger partial charge on any atom is 0.331 e. The number of amides is 1. The molecule has 0 radical (unpaired) electrons. The molecule has 0 atom stereocenters. The van der Waals surface area contributed by atoms with Gasteiger partial charge in [0.15, 0.2) is 0 Å². The molecule has 6 nitrogen and oxygen atoms in total. The highest BCUT2D eigenvalue weighted by atomic mass is 16.2. The number of benzene rings is 1. The van der Waals surface area contributed by atoms with E-state index in [1.54, 1.807) is 29.2 Å². The molecule has 0 fully saturated rings. The number of nitrogens with zero attached hydrogens (tertiary/aromatic N) is 3. The maximum absolute atomic E-state index is 12.5. The number of fused-ring (bicyclic) bond motifs is 1. The van der Waals surface area contributed by atoms with Gasteiger partial charge >= 0.3 is 5.69 Å². The third-order valence-electron chi connectivity index (χ3n) is 4.06. The van der Waals surface area contributed by atoms with E-state index < -0.39 is 5.69 Å². The SMILES string of the molecule is CCCCN(CC)C(=O)Cn1c(=O)n(C)c(=O)c2ccccc21. The molecule has 0 aliphatic heterocycles. The lowest BCUT2D eigenvalue weighted by Crippen LogP contribution is -2.42. The molecule has 2 aromatic rings. The predicted molar refractivity (Wildman–Crippen MR) is 90.6 cm³/mol. The Bertz CT molecular complexity index is 820. The molecule has 1 amide bonds. The van der Waals surface area contributed by atoms with Crippen LogP contribution < -0.4 is 11.2 Å². The van der Waals surface area contributed by atoms with Gasteiger partial charge in [-0.05, 0) is 25.5 Å². The highest BCUT2D eigenvalue weighted by Gasteiger charge is 2.16. The number of likely N-dealkylation sites (N-methyl/N-ethyl adjacent to an activating group) is 1. The second-order valence-electron chi connectivity index (χ2n) is 5.58. The van der Waals surface area contributed by atoms with Gasteiger partial charge < -0.3 is 4.90 Å². The summed E-state index contributed by atoms with van der Waals surface area (Å²) < 4.78 is 2.44. The van der Waals surface area contributed by atoms with Crippen LogP contribution in [-0.4, -0.2) is 33.0 Å². The fourth-order valence-electron chi connectivity index (χ4n) is 2.64. The van der Waals surface area contributed by atoms with Crippen LogP contribution in [-0.2, 0) is 18.4 Å². The Hall–Kier alpha value is -2.37. The zero-order valence-corrected chi connectivity index (χ0v) is 13.9. The van der Waals surface area contributed by atoms with Crippen molar-refractivity contribution in [3.05, 3.63) is 45.1 Å². The maximum atomic E-state index is 12.5. The standard InChI is InChI=1S/C17H23N3O3/c1-4-6-11-19(5-2)15(21)12-20-14-10-8-7-9-13(14)16(22)18(3)17(20)23/h7-10H,4-6,11-12H2,1-3H3. The Morgan fingerprint density at radius 2 is 1.87 bits per heavy atom. The van der Waals surface area contributed by atoms with Gasteiger partial charge in [0.05, 0.1) is 10.9 Å². The Kier molecular flexibility index (Phi) is 5.36. The average molecular weight is 317 g/mol. The van der Waals surface area contributed by atoms with Crippen molar-refractivity contribution in [2.24, 2.45) is 7.05 Å². The van der Waals surface area contributed by atoms with Gasteiger partial charge in [-0.2, -0.15) is 0 Å². The highest BCUT2D eigenvalue weighted by Crippen LogP contribution is 2.08. The molecule has 0 aliphatic carbocycles. The van der Waals surface area contributed by atoms with Crippen LogP contribution in [0.25, 0.3) is 10.9 Å². The van der Waals surface area contributed by atoms with Gasteiger partial charge in [-0.1, -0.05) is 25.5 Å². The molecule has 0 aliphatic rings. The van der Waals surface area contributed by atoms with Gasteiger partial charge in [0.2, 0.25) is 5.91 Å². The number of hydrogen-bond donors (Lipinski definition) is 0. The second-order valence-corrected chi connectivity index (χ2v) is 5.58. The van der Waals surface area contributed by atoms with Gasteiger partial charge in [-0.3, -0.25) is 18.7 Å². The summed E-state index contributed by atoms with van der Waals surface area (Å²) in [5.74, 6) is -0.105. The third kappa shape index (κ3) is 3.36. The molecule has 0 N–H and O–H groups in total. The molecule has 0 bridgehead atoms. The number of carbonyl (C=O) groups is 1. The molecule has 0 unspecified atom stereocenters. The van der Waals surface area contributed by atoms with E-state index in [0.717, 1.165) is 17.4 Å². The van der Waals surface area contributed by atoms with E-state index >= 15 is 0 Å². The zero-order chi connectivity index (χ0) is 17.0. The molecular formula is C17H23N3O3. The normalized spacial score (nSPS) is 10.9. The highest BCUT2D eigenvalue weighted by molar-refractivity contribution is 5.81. The monoisotopic (exact) mass is 317 g/mol. The van der Waals surface area contributed by atoms with Crippen LogP contribution in [0.3, 0.4) is 0 Å². The molecule has 0 saturated carbocycles. The van der Waals surface area contributed by atoms with Crippen LogP contribution in [0.15, 0.2) is 33.9 Å². The van der Waals surface area contributed by atoms with Crippen molar-refractivity contribution in [2.75, 3.05) is 13.1 Å². The lowest BCUT2D eigenvalue weighted by atomic mass is 10.2. The molecule has 0 saturated heterocycles. The zero-order valence-electron chi connectivity index (χ0n) is 13.9. The largest absolute Gasteiger partial charge is 0.341 e. The summed E-state index contributed by atoms with van der Waals surface area (Å²) in [6, 6.07) is 6.89. The fourth-order valence-corrected chi connectivity index (χ4v) is 2.64. The minimum absolute atomic E-state index is 0.0506. The summed E-state index contributed by atoms with van der Waals surface area (Å²) in [6.07, 6.45) is 1.94. The lowest BCUT2D eigenvalue weighted by molar-refractivity contribution is -0.131. The van der Waals surface area contributed by atoms with Crippen LogP contribution in [0.4, 0.5) is 0 Å². The Balaban J connectivity index is 2.46. The molecule has 23 heavy (non-hydrogen) atoms.